The van der Waals surface area contributed by atoms with E-state index in [4.69, 9.17) is 0 Å². The van der Waals surface area contributed by atoms with Crippen molar-refractivity contribution in [1.29, 1.82) is 0 Å². The van der Waals surface area contributed by atoms with Crippen molar-refractivity contribution in [1.82, 2.24) is 5.32 Å². The summed E-state index contributed by atoms with van der Waals surface area (Å²) >= 11 is 1.88. The molecule has 3 rings (SSSR count). The molecule has 1 aliphatic heterocycles. The molecule has 1 aliphatic rings. The summed E-state index contributed by atoms with van der Waals surface area (Å²) < 4.78 is 0. The molecular weight excluding hydrogens is 264 g/mol. The molecule has 0 bridgehead atoms. The van der Waals surface area contributed by atoms with Crippen LogP contribution in [0.2, 0.25) is 0 Å². The van der Waals surface area contributed by atoms with Crippen LogP contribution in [0.5, 0.6) is 0 Å². The lowest BCUT2D eigenvalue weighted by Gasteiger charge is -2.12. The summed E-state index contributed by atoms with van der Waals surface area (Å²) in [6, 6.07) is 15.0. The van der Waals surface area contributed by atoms with Crippen molar-refractivity contribution < 1.29 is 0 Å². The highest BCUT2D eigenvalue weighted by Gasteiger charge is 2.22. The number of hydrogen-bond acceptors (Lipinski definition) is 3. The molecule has 1 heterocycles. The Kier molecular flexibility index (Phi) is 3.97. The van der Waals surface area contributed by atoms with Crippen molar-refractivity contribution in [2.75, 3.05) is 6.54 Å². The maximum atomic E-state index is 4.60. The largest absolute Gasteiger partial charge is 0.361 e. The van der Waals surface area contributed by atoms with Crippen LogP contribution in [0.15, 0.2) is 47.5 Å². The minimum atomic E-state index is 0.630. The number of benzene rings is 2. The van der Waals surface area contributed by atoms with Gasteiger partial charge in [-0.05, 0) is 22.3 Å². The first-order valence-electron chi connectivity index (χ1n) is 7.15. The third-order valence-corrected chi connectivity index (χ3v) is 5.22. The average molecular weight is 284 g/mol. The van der Waals surface area contributed by atoms with Crippen LogP contribution in [-0.2, 0) is 6.54 Å². The Morgan fingerprint density at radius 3 is 2.80 bits per heavy atom. The SMILES string of the molecule is CC(C)C1CN=C(NCc2cccc3ccccc23)S1. The molecule has 0 fully saturated rings. The summed E-state index contributed by atoms with van der Waals surface area (Å²) in [6.07, 6.45) is 0. The number of thioether (sulfide) groups is 1. The molecule has 3 heteroatoms. The minimum absolute atomic E-state index is 0.630. The van der Waals surface area contributed by atoms with Crippen LogP contribution in [0.4, 0.5) is 0 Å². The monoisotopic (exact) mass is 284 g/mol. The molecule has 20 heavy (non-hydrogen) atoms. The summed E-state index contributed by atoms with van der Waals surface area (Å²) in [4.78, 5) is 4.60. The number of fused-ring (bicyclic) bond motifs is 1. The van der Waals surface area contributed by atoms with Gasteiger partial charge in [0, 0.05) is 11.8 Å². The predicted octanol–water partition coefficient (Wildman–Crippen LogP) is 4.06. The Hall–Kier alpha value is -1.48. The van der Waals surface area contributed by atoms with Gasteiger partial charge in [0.25, 0.3) is 0 Å². The van der Waals surface area contributed by atoms with Gasteiger partial charge in [0.15, 0.2) is 5.17 Å². The second-order valence-corrected chi connectivity index (χ2v) is 6.77. The zero-order chi connectivity index (χ0) is 13.9. The van der Waals surface area contributed by atoms with Crippen LogP contribution >= 0.6 is 11.8 Å². The van der Waals surface area contributed by atoms with Gasteiger partial charge in [0.05, 0.1) is 6.54 Å². The summed E-state index contributed by atoms with van der Waals surface area (Å²) in [5, 5.41) is 7.84. The van der Waals surface area contributed by atoms with Crippen molar-refractivity contribution in [3.8, 4) is 0 Å². The lowest BCUT2D eigenvalue weighted by molar-refractivity contribution is 0.621. The topological polar surface area (TPSA) is 24.4 Å². The van der Waals surface area contributed by atoms with E-state index in [-0.39, 0.29) is 0 Å². The average Bonchev–Trinajstić information content (AvgIpc) is 2.94. The Balaban J connectivity index is 1.69. The maximum absolute atomic E-state index is 4.60. The zero-order valence-electron chi connectivity index (χ0n) is 12.0. The van der Waals surface area contributed by atoms with Gasteiger partial charge in [0.2, 0.25) is 0 Å². The Morgan fingerprint density at radius 1 is 1.20 bits per heavy atom. The first-order chi connectivity index (χ1) is 9.74. The van der Waals surface area contributed by atoms with E-state index in [0.717, 1.165) is 18.3 Å². The Morgan fingerprint density at radius 2 is 2.00 bits per heavy atom. The third kappa shape index (κ3) is 2.83. The van der Waals surface area contributed by atoms with Crippen LogP contribution in [0.25, 0.3) is 10.8 Å². The molecule has 2 nitrogen and oxygen atoms in total. The molecule has 0 radical (unpaired) electrons. The normalized spacial score (nSPS) is 18.6. The molecule has 2 aromatic rings. The molecule has 0 saturated carbocycles. The van der Waals surface area contributed by atoms with Crippen molar-refractivity contribution in [3.63, 3.8) is 0 Å². The van der Waals surface area contributed by atoms with Gasteiger partial charge in [-0.1, -0.05) is 68.1 Å². The predicted molar refractivity (Wildman–Crippen MR) is 89.3 cm³/mol. The van der Waals surface area contributed by atoms with Gasteiger partial charge in [-0.15, -0.1) is 0 Å². The molecule has 104 valence electrons. The van der Waals surface area contributed by atoms with E-state index in [1.54, 1.807) is 0 Å². The van der Waals surface area contributed by atoms with Gasteiger partial charge in [-0.2, -0.15) is 0 Å². The van der Waals surface area contributed by atoms with E-state index < -0.39 is 0 Å². The Bertz CT molecular complexity index is 628. The lowest BCUT2D eigenvalue weighted by Crippen LogP contribution is -2.20. The number of rotatable bonds is 3. The standard InChI is InChI=1S/C17H20N2S/c1-12(2)16-11-19-17(20-16)18-10-14-8-5-7-13-6-3-4-9-15(13)14/h3-9,12,16H,10-11H2,1-2H3,(H,18,19). The highest BCUT2D eigenvalue weighted by atomic mass is 32.2. The van der Waals surface area contributed by atoms with E-state index in [2.05, 4.69) is 66.6 Å². The summed E-state index contributed by atoms with van der Waals surface area (Å²) in [7, 11) is 0. The Labute approximate surface area is 124 Å². The molecule has 2 aromatic carbocycles. The number of hydrogen-bond donors (Lipinski definition) is 1. The molecule has 0 saturated heterocycles. The van der Waals surface area contributed by atoms with Crippen molar-refractivity contribution >= 4 is 27.7 Å². The molecule has 0 amide bonds. The maximum Gasteiger partial charge on any atom is 0.157 e. The highest BCUT2D eigenvalue weighted by molar-refractivity contribution is 8.14. The summed E-state index contributed by atoms with van der Waals surface area (Å²) in [5.74, 6) is 0.681. The first kappa shape index (κ1) is 13.5. The van der Waals surface area contributed by atoms with Crippen molar-refractivity contribution in [2.45, 2.75) is 25.6 Å². The van der Waals surface area contributed by atoms with E-state index in [1.165, 1.54) is 16.3 Å². The van der Waals surface area contributed by atoms with Crippen LogP contribution in [0.3, 0.4) is 0 Å². The fourth-order valence-corrected chi connectivity index (χ4v) is 3.47. The van der Waals surface area contributed by atoms with Crippen LogP contribution in [-0.4, -0.2) is 17.0 Å². The molecule has 0 aromatic heterocycles. The van der Waals surface area contributed by atoms with E-state index >= 15 is 0 Å². The first-order valence-corrected chi connectivity index (χ1v) is 8.03. The second-order valence-electron chi connectivity index (χ2n) is 5.54. The van der Waals surface area contributed by atoms with Crippen molar-refractivity contribution in [2.24, 2.45) is 10.9 Å². The number of aliphatic imine (C=N–C) groups is 1. The summed E-state index contributed by atoms with van der Waals surface area (Å²) in [5.41, 5.74) is 1.33. The molecule has 0 aliphatic carbocycles. The molecular formula is C17H20N2S. The van der Waals surface area contributed by atoms with E-state index in [9.17, 15) is 0 Å². The molecule has 1 atom stereocenters. The number of amidine groups is 1. The quantitative estimate of drug-likeness (QED) is 0.919. The second kappa shape index (κ2) is 5.88. The molecule has 1 unspecified atom stereocenters. The molecule has 0 spiro atoms. The van der Waals surface area contributed by atoms with E-state index in [1.807, 2.05) is 11.8 Å². The van der Waals surface area contributed by atoms with Gasteiger partial charge < -0.3 is 5.32 Å². The van der Waals surface area contributed by atoms with Gasteiger partial charge in [-0.25, -0.2) is 0 Å². The zero-order valence-corrected chi connectivity index (χ0v) is 12.8. The van der Waals surface area contributed by atoms with Gasteiger partial charge in [0.1, 0.15) is 0 Å². The van der Waals surface area contributed by atoms with Crippen LogP contribution in [0, 0.1) is 5.92 Å². The van der Waals surface area contributed by atoms with Crippen LogP contribution < -0.4 is 5.32 Å². The summed E-state index contributed by atoms with van der Waals surface area (Å²) in [6.45, 7) is 6.32. The van der Waals surface area contributed by atoms with E-state index in [0.29, 0.717) is 11.2 Å². The van der Waals surface area contributed by atoms with Gasteiger partial charge >= 0.3 is 0 Å². The number of nitrogens with one attached hydrogen (secondary N) is 1. The fourth-order valence-electron chi connectivity index (χ4n) is 2.45. The molecule has 1 N–H and O–H groups in total. The number of nitrogens with zero attached hydrogens (tertiary/aromatic N) is 1. The highest BCUT2D eigenvalue weighted by Crippen LogP contribution is 2.26. The van der Waals surface area contributed by atoms with Crippen molar-refractivity contribution in [3.05, 3.63) is 48.0 Å². The van der Waals surface area contributed by atoms with Crippen LogP contribution in [0.1, 0.15) is 19.4 Å². The minimum Gasteiger partial charge on any atom is -0.361 e. The smallest absolute Gasteiger partial charge is 0.157 e. The third-order valence-electron chi connectivity index (χ3n) is 3.73. The lowest BCUT2D eigenvalue weighted by atomic mass is 10.0. The fraction of sp³-hybridized carbons (Fsp3) is 0.353. The van der Waals surface area contributed by atoms with Gasteiger partial charge in [-0.3, -0.25) is 4.99 Å².